The standard InChI is InChI=1S/C12H18FNO/c1-3-6-15-8-12(14)10-5-4-9(2)11(13)7-10/h4-5,7,12H,3,6,8,14H2,1-2H3. The maximum absolute atomic E-state index is 13.2. The third kappa shape index (κ3) is 3.61. The Kier molecular flexibility index (Phi) is 4.72. The zero-order valence-corrected chi connectivity index (χ0v) is 9.29. The first-order chi connectivity index (χ1) is 7.15. The third-order valence-electron chi connectivity index (χ3n) is 2.27. The number of hydrogen-bond acceptors (Lipinski definition) is 2. The van der Waals surface area contributed by atoms with Crippen molar-refractivity contribution in [2.45, 2.75) is 26.3 Å². The van der Waals surface area contributed by atoms with Gasteiger partial charge in [-0.15, -0.1) is 0 Å². The second-order valence-corrected chi connectivity index (χ2v) is 3.69. The van der Waals surface area contributed by atoms with Gasteiger partial charge in [-0.25, -0.2) is 4.39 Å². The molecule has 84 valence electrons. The summed E-state index contributed by atoms with van der Waals surface area (Å²) in [6.45, 7) is 4.91. The fraction of sp³-hybridized carbons (Fsp3) is 0.500. The highest BCUT2D eigenvalue weighted by molar-refractivity contribution is 5.25. The van der Waals surface area contributed by atoms with Gasteiger partial charge in [0.1, 0.15) is 5.82 Å². The van der Waals surface area contributed by atoms with E-state index in [4.69, 9.17) is 10.5 Å². The third-order valence-corrected chi connectivity index (χ3v) is 2.27. The van der Waals surface area contributed by atoms with Gasteiger partial charge in [0, 0.05) is 6.61 Å². The van der Waals surface area contributed by atoms with Crippen LogP contribution in [0.3, 0.4) is 0 Å². The quantitative estimate of drug-likeness (QED) is 0.760. The summed E-state index contributed by atoms with van der Waals surface area (Å²) in [5.41, 5.74) is 7.29. The Bertz CT molecular complexity index is 314. The average molecular weight is 211 g/mol. The Morgan fingerprint density at radius 2 is 2.20 bits per heavy atom. The Hall–Kier alpha value is -0.930. The van der Waals surface area contributed by atoms with Crippen LogP contribution in [0.5, 0.6) is 0 Å². The van der Waals surface area contributed by atoms with Gasteiger partial charge in [0.25, 0.3) is 0 Å². The molecule has 1 atom stereocenters. The summed E-state index contributed by atoms with van der Waals surface area (Å²) in [5, 5.41) is 0. The molecule has 1 rings (SSSR count). The number of nitrogens with two attached hydrogens (primary N) is 1. The van der Waals surface area contributed by atoms with E-state index in [1.165, 1.54) is 6.07 Å². The van der Waals surface area contributed by atoms with Crippen molar-refractivity contribution in [1.29, 1.82) is 0 Å². The van der Waals surface area contributed by atoms with Gasteiger partial charge in [-0.3, -0.25) is 0 Å². The summed E-state index contributed by atoms with van der Waals surface area (Å²) < 4.78 is 18.6. The second-order valence-electron chi connectivity index (χ2n) is 3.69. The van der Waals surface area contributed by atoms with E-state index in [0.29, 0.717) is 18.8 Å². The Labute approximate surface area is 90.2 Å². The molecule has 2 N–H and O–H groups in total. The van der Waals surface area contributed by atoms with E-state index >= 15 is 0 Å². The molecular weight excluding hydrogens is 193 g/mol. The molecule has 0 saturated carbocycles. The Balaban J connectivity index is 2.57. The van der Waals surface area contributed by atoms with Crippen molar-refractivity contribution in [2.75, 3.05) is 13.2 Å². The van der Waals surface area contributed by atoms with Crippen LogP contribution in [0.2, 0.25) is 0 Å². The van der Waals surface area contributed by atoms with Crippen LogP contribution < -0.4 is 5.73 Å². The van der Waals surface area contributed by atoms with Crippen LogP contribution in [0, 0.1) is 12.7 Å². The first kappa shape index (κ1) is 12.1. The van der Waals surface area contributed by atoms with E-state index in [1.54, 1.807) is 13.0 Å². The van der Waals surface area contributed by atoms with Crippen molar-refractivity contribution < 1.29 is 9.13 Å². The number of hydrogen-bond donors (Lipinski definition) is 1. The lowest BCUT2D eigenvalue weighted by Crippen LogP contribution is -2.17. The molecule has 0 fully saturated rings. The normalized spacial score (nSPS) is 12.8. The molecule has 1 aromatic carbocycles. The van der Waals surface area contributed by atoms with Gasteiger partial charge < -0.3 is 10.5 Å². The van der Waals surface area contributed by atoms with Crippen LogP contribution in [0.1, 0.15) is 30.5 Å². The Morgan fingerprint density at radius 3 is 2.80 bits per heavy atom. The lowest BCUT2D eigenvalue weighted by atomic mass is 10.1. The molecule has 1 unspecified atom stereocenters. The summed E-state index contributed by atoms with van der Waals surface area (Å²) in [4.78, 5) is 0. The van der Waals surface area contributed by atoms with E-state index in [9.17, 15) is 4.39 Å². The first-order valence-electron chi connectivity index (χ1n) is 5.24. The fourth-order valence-corrected chi connectivity index (χ4v) is 1.29. The molecule has 0 spiro atoms. The van der Waals surface area contributed by atoms with E-state index in [-0.39, 0.29) is 11.9 Å². The highest BCUT2D eigenvalue weighted by atomic mass is 19.1. The molecule has 2 nitrogen and oxygen atoms in total. The minimum absolute atomic E-state index is 0.210. The number of halogens is 1. The van der Waals surface area contributed by atoms with Crippen molar-refractivity contribution in [3.05, 3.63) is 35.1 Å². The van der Waals surface area contributed by atoms with E-state index in [2.05, 4.69) is 0 Å². The summed E-state index contributed by atoms with van der Waals surface area (Å²) in [6, 6.07) is 4.82. The smallest absolute Gasteiger partial charge is 0.126 e. The number of benzene rings is 1. The molecule has 0 radical (unpaired) electrons. The predicted octanol–water partition coefficient (Wildman–Crippen LogP) is 2.56. The van der Waals surface area contributed by atoms with Crippen molar-refractivity contribution in [3.63, 3.8) is 0 Å². The Morgan fingerprint density at radius 1 is 1.47 bits per heavy atom. The van der Waals surface area contributed by atoms with Gasteiger partial charge in [-0.1, -0.05) is 19.1 Å². The first-order valence-corrected chi connectivity index (χ1v) is 5.24. The van der Waals surface area contributed by atoms with Crippen LogP contribution >= 0.6 is 0 Å². The molecular formula is C12H18FNO. The van der Waals surface area contributed by atoms with E-state index in [1.807, 2.05) is 13.0 Å². The summed E-state index contributed by atoms with van der Waals surface area (Å²) in [7, 11) is 0. The minimum Gasteiger partial charge on any atom is -0.379 e. The van der Waals surface area contributed by atoms with Gasteiger partial charge in [-0.05, 0) is 30.5 Å². The van der Waals surface area contributed by atoms with Crippen LogP contribution in [0.15, 0.2) is 18.2 Å². The molecule has 15 heavy (non-hydrogen) atoms. The van der Waals surface area contributed by atoms with Gasteiger partial charge in [0.2, 0.25) is 0 Å². The molecule has 0 bridgehead atoms. The van der Waals surface area contributed by atoms with Crippen molar-refractivity contribution in [2.24, 2.45) is 5.73 Å². The van der Waals surface area contributed by atoms with Gasteiger partial charge in [-0.2, -0.15) is 0 Å². The highest BCUT2D eigenvalue weighted by Crippen LogP contribution is 2.15. The number of rotatable bonds is 5. The number of ether oxygens (including phenoxy) is 1. The molecule has 0 aromatic heterocycles. The van der Waals surface area contributed by atoms with Crippen molar-refractivity contribution >= 4 is 0 Å². The van der Waals surface area contributed by atoms with Crippen LogP contribution in [-0.2, 0) is 4.74 Å². The molecule has 0 aliphatic rings. The average Bonchev–Trinajstić information content (AvgIpc) is 2.22. The minimum atomic E-state index is -0.244. The topological polar surface area (TPSA) is 35.2 Å². The lowest BCUT2D eigenvalue weighted by Gasteiger charge is -2.12. The van der Waals surface area contributed by atoms with Crippen molar-refractivity contribution in [3.8, 4) is 0 Å². The maximum atomic E-state index is 13.2. The van der Waals surface area contributed by atoms with E-state index < -0.39 is 0 Å². The van der Waals surface area contributed by atoms with Crippen LogP contribution in [-0.4, -0.2) is 13.2 Å². The molecule has 0 aliphatic carbocycles. The molecule has 0 saturated heterocycles. The lowest BCUT2D eigenvalue weighted by molar-refractivity contribution is 0.121. The molecule has 1 aromatic rings. The maximum Gasteiger partial charge on any atom is 0.126 e. The van der Waals surface area contributed by atoms with Gasteiger partial charge in [0.15, 0.2) is 0 Å². The number of aryl methyl sites for hydroxylation is 1. The van der Waals surface area contributed by atoms with Gasteiger partial charge in [0.05, 0.1) is 12.6 Å². The SMILES string of the molecule is CCCOCC(N)c1ccc(C)c(F)c1. The molecule has 3 heteroatoms. The monoisotopic (exact) mass is 211 g/mol. The molecule has 0 heterocycles. The predicted molar refractivity (Wildman–Crippen MR) is 59.2 cm³/mol. The largest absolute Gasteiger partial charge is 0.379 e. The fourth-order valence-electron chi connectivity index (χ4n) is 1.29. The summed E-state index contributed by atoms with van der Waals surface area (Å²) in [5.74, 6) is -0.210. The zero-order valence-electron chi connectivity index (χ0n) is 9.29. The summed E-state index contributed by atoms with van der Waals surface area (Å²) in [6.07, 6.45) is 0.967. The molecule has 0 aliphatic heterocycles. The van der Waals surface area contributed by atoms with Gasteiger partial charge >= 0.3 is 0 Å². The van der Waals surface area contributed by atoms with Crippen LogP contribution in [0.4, 0.5) is 4.39 Å². The zero-order chi connectivity index (χ0) is 11.3. The highest BCUT2D eigenvalue weighted by Gasteiger charge is 2.07. The summed E-state index contributed by atoms with van der Waals surface area (Å²) >= 11 is 0. The second kappa shape index (κ2) is 5.83. The van der Waals surface area contributed by atoms with E-state index in [0.717, 1.165) is 12.0 Å². The molecule has 0 amide bonds. The van der Waals surface area contributed by atoms with Crippen molar-refractivity contribution in [1.82, 2.24) is 0 Å². The van der Waals surface area contributed by atoms with Crippen LogP contribution in [0.25, 0.3) is 0 Å².